The zero-order chi connectivity index (χ0) is 71.6. The molecule has 522 valence electrons. The van der Waals surface area contributed by atoms with Crippen LogP contribution in [0.25, 0.3) is 33.8 Å². The molecule has 8 N–H and O–H groups in total. The number of carbonyl (C=O) groups is 4. The van der Waals surface area contributed by atoms with E-state index < -0.39 is 91.7 Å². The molecule has 0 aliphatic carbocycles. The number of halogens is 10. The summed E-state index contributed by atoms with van der Waals surface area (Å²) in [5, 5.41) is 48.6. The number of nitrogens with zero attached hydrogens (tertiary/aromatic N) is 10. The molecule has 0 unspecified atom stereocenters. The molecule has 0 saturated heterocycles. The third-order valence-electron chi connectivity index (χ3n) is 12.5. The van der Waals surface area contributed by atoms with E-state index in [4.69, 9.17) is 38.8 Å². The van der Waals surface area contributed by atoms with Gasteiger partial charge in [0, 0.05) is 110 Å². The molecule has 9 aromatic rings. The van der Waals surface area contributed by atoms with Crippen molar-refractivity contribution in [2.75, 3.05) is 22.1 Å². The van der Waals surface area contributed by atoms with Crippen LogP contribution in [-0.4, -0.2) is 84.7 Å². The number of amides is 3. The topological polar surface area (TPSA) is 387 Å². The fraction of sp³-hybridized carbons (Fsp3) is 0.159. The summed E-state index contributed by atoms with van der Waals surface area (Å²) in [6.07, 6.45) is 1.80. The summed E-state index contributed by atoms with van der Waals surface area (Å²) < 4.78 is 105. The van der Waals surface area contributed by atoms with Gasteiger partial charge < -0.3 is 32.1 Å². The number of aromatic nitrogens is 5. The third kappa shape index (κ3) is 23.7. The van der Waals surface area contributed by atoms with Crippen molar-refractivity contribution in [2.24, 2.45) is 0 Å². The van der Waals surface area contributed by atoms with Crippen molar-refractivity contribution in [1.29, 1.82) is 0 Å². The number of carbonyl (C=O) groups excluding carboxylic acids is 4. The number of hydrogen-bond donors (Lipinski definition) is 5. The quantitative estimate of drug-likeness (QED) is 0.0212. The maximum atomic E-state index is 14.1. The summed E-state index contributed by atoms with van der Waals surface area (Å²) in [5.41, 5.74) is 19.2. The van der Waals surface area contributed by atoms with Crippen molar-refractivity contribution < 1.29 is 79.1 Å². The molecule has 0 radical (unpaired) electrons. The number of nitro groups is 3. The molecule has 0 fully saturated rings. The summed E-state index contributed by atoms with van der Waals surface area (Å²) >= 11 is 10.0. The zero-order valence-electron chi connectivity index (χ0n) is 49.9. The van der Waals surface area contributed by atoms with Gasteiger partial charge in [-0.3, -0.25) is 59.5 Å². The Kier molecular flexibility index (Phi) is 31.9. The first-order chi connectivity index (χ1) is 45.1. The summed E-state index contributed by atoms with van der Waals surface area (Å²) in [5.74, 6) is -9.03. The van der Waals surface area contributed by atoms with E-state index in [2.05, 4.69) is 36.5 Å². The van der Waals surface area contributed by atoms with Gasteiger partial charge in [0.1, 0.15) is 51.7 Å². The second-order valence-electron chi connectivity index (χ2n) is 19.5. The maximum Gasteiger partial charge on any atom is 0.491 e. The van der Waals surface area contributed by atoms with E-state index in [0.29, 0.717) is 53.3 Å². The van der Waals surface area contributed by atoms with Crippen LogP contribution < -0.4 is 27.6 Å². The molecular weight excluding hydrogens is 1360 g/mol. The van der Waals surface area contributed by atoms with Crippen molar-refractivity contribution in [2.45, 2.75) is 69.5 Å². The van der Waals surface area contributed by atoms with E-state index in [0.717, 1.165) is 85.3 Å². The number of pyridine rings is 5. The molecule has 0 bridgehead atoms. The van der Waals surface area contributed by atoms with Gasteiger partial charge in [-0.15, -0.1) is 0 Å². The van der Waals surface area contributed by atoms with Gasteiger partial charge in [-0.1, -0.05) is 39.9 Å². The fourth-order valence-corrected chi connectivity index (χ4v) is 8.38. The summed E-state index contributed by atoms with van der Waals surface area (Å²) in [7, 11) is -1.89. The van der Waals surface area contributed by atoms with Gasteiger partial charge >= 0.3 is 24.2 Å². The Balaban J connectivity index is 0.000000429. The standard InChI is InChI=1S/C21H18F2N4O.C15H11F2N3O4.C11H7F2N3O2.C6H5BF2O2.C5H4ClN3O2.C2H3ClO.3CH4/c1-12-6-13-10-27(11-14(13)9-25-12)21(28)8-20-18(24)4-5-19(26-20)16-3-2-15(22)7-17(16)23;1-8(21)19(9(2)22)15-14(20(23)24)6-5-13(18-15)11-4-3-10(16)7-12(11)17;12-6-1-2-7(8(13)5-6)9-3-4-10(16(17)18)11(14)15-9;8-4-1-2-5(7(10)11)6(9)3-4;6-4-2-1-3(9(10)11)5(7)8-4;1-2(3)4;;;/h2-7,9H,8,10-11,24H2,1H3;3-7H,1-2H3;1-5H,(H2,14,15);1-3,10-11H;1-2H,(H2,7,8);1H3;3*1H4. The lowest BCUT2D eigenvalue weighted by Gasteiger charge is -2.16. The number of imide groups is 1. The van der Waals surface area contributed by atoms with Crippen LogP contribution in [0.4, 0.5) is 75.3 Å². The highest BCUT2D eigenvalue weighted by atomic mass is 35.5. The van der Waals surface area contributed by atoms with E-state index >= 15 is 0 Å². The number of fused-ring (bicyclic) bond motifs is 1. The average Bonchev–Trinajstić information content (AvgIpc) is 1.06. The Morgan fingerprint density at radius 3 is 1.36 bits per heavy atom. The monoisotopic (exact) mass is 1420 g/mol. The SMILES string of the molecule is C.C.C.CC(=O)Cl.CC(=O)N(C(C)=O)c1nc(-c2ccc(F)cc2F)ccc1[N+](=O)[O-].Cc1cc2c(cn1)CN(C(=O)Cc1nc(-c3ccc(F)cc3F)ccc1N)C2.Nc1nc(-c2ccc(F)cc2F)ccc1[N+](=O)[O-].Nc1nc(Cl)ccc1[N+](=O)[O-].OB(O)c1ccc(F)cc1F. The largest absolute Gasteiger partial charge is 0.491 e. The van der Waals surface area contributed by atoms with Crippen LogP contribution in [0.5, 0.6) is 0 Å². The number of benzene rings is 4. The molecule has 0 atom stereocenters. The predicted octanol–water partition coefficient (Wildman–Crippen LogP) is 12.3. The molecule has 0 spiro atoms. The molecule has 99 heavy (non-hydrogen) atoms. The molecular formula is C63H60BCl2F8N13O12. The van der Waals surface area contributed by atoms with Gasteiger partial charge in [0.25, 0.3) is 0 Å². The number of nitrogen functional groups attached to an aromatic ring is 3. The normalized spacial score (nSPS) is 10.4. The first kappa shape index (κ1) is 83.6. The van der Waals surface area contributed by atoms with Crippen molar-refractivity contribution in [3.05, 3.63) is 238 Å². The van der Waals surface area contributed by atoms with Gasteiger partial charge in [0.15, 0.2) is 0 Å². The van der Waals surface area contributed by atoms with Crippen molar-refractivity contribution in [3.63, 3.8) is 0 Å². The fourth-order valence-electron chi connectivity index (χ4n) is 8.23. The van der Waals surface area contributed by atoms with Crippen LogP contribution in [0.15, 0.2) is 134 Å². The lowest BCUT2D eigenvalue weighted by Crippen LogP contribution is -2.34. The molecule has 1 aliphatic heterocycles. The molecule has 3 amide bonds. The minimum absolute atomic E-state index is 0. The van der Waals surface area contributed by atoms with Gasteiger partial charge in [-0.25, -0.2) is 55.0 Å². The molecule has 0 saturated carbocycles. The van der Waals surface area contributed by atoms with E-state index in [1.165, 1.54) is 43.3 Å². The van der Waals surface area contributed by atoms with Crippen molar-refractivity contribution in [3.8, 4) is 33.8 Å². The molecule has 36 heteroatoms. The number of anilines is 4. The van der Waals surface area contributed by atoms with Crippen LogP contribution >= 0.6 is 23.2 Å². The van der Waals surface area contributed by atoms with Crippen LogP contribution in [0.1, 0.15) is 65.6 Å². The number of aryl methyl sites for hydroxylation is 1. The maximum absolute atomic E-state index is 14.1. The van der Waals surface area contributed by atoms with Gasteiger partial charge in [-0.2, -0.15) is 0 Å². The number of nitrogens with two attached hydrogens (primary N) is 3. The van der Waals surface area contributed by atoms with E-state index in [1.807, 2.05) is 13.0 Å². The number of hydrogen-bond acceptors (Lipinski definition) is 20. The molecule has 4 aromatic carbocycles. The molecule has 10 rings (SSSR count). The van der Waals surface area contributed by atoms with Crippen molar-refractivity contribution in [1.82, 2.24) is 29.8 Å². The Morgan fingerprint density at radius 1 is 0.556 bits per heavy atom. The van der Waals surface area contributed by atoms with Crippen LogP contribution in [0, 0.1) is 83.8 Å². The molecule has 6 heterocycles. The minimum atomic E-state index is -1.89. The average molecular weight is 1420 g/mol. The van der Waals surface area contributed by atoms with E-state index in [9.17, 15) is 84.6 Å². The summed E-state index contributed by atoms with van der Waals surface area (Å²) in [6.45, 7) is 6.30. The van der Waals surface area contributed by atoms with Crippen LogP contribution in [0.2, 0.25) is 5.15 Å². The Hall–Kier alpha value is -11.5. The highest BCUT2D eigenvalue weighted by Gasteiger charge is 2.29. The predicted molar refractivity (Wildman–Crippen MR) is 355 cm³/mol. The second-order valence-corrected chi connectivity index (χ2v) is 20.4. The minimum Gasteiger partial charge on any atom is -0.423 e. The third-order valence-corrected chi connectivity index (χ3v) is 12.8. The first-order valence-corrected chi connectivity index (χ1v) is 27.6. The number of rotatable bonds is 10. The molecule has 1 aliphatic rings. The van der Waals surface area contributed by atoms with E-state index in [1.54, 1.807) is 23.2 Å². The van der Waals surface area contributed by atoms with Gasteiger partial charge in [-0.05, 0) is 109 Å². The second kappa shape index (κ2) is 37.7. The first-order valence-electron chi connectivity index (χ1n) is 26.8. The van der Waals surface area contributed by atoms with E-state index in [-0.39, 0.29) is 102 Å². The molecule has 5 aromatic heterocycles. The highest BCUT2D eigenvalue weighted by Crippen LogP contribution is 2.33. The Labute approximate surface area is 569 Å². The van der Waals surface area contributed by atoms with Crippen LogP contribution in [-0.2, 0) is 38.7 Å². The van der Waals surface area contributed by atoms with Crippen LogP contribution in [0.3, 0.4) is 0 Å². The highest BCUT2D eigenvalue weighted by molar-refractivity contribution is 6.62. The smallest absolute Gasteiger partial charge is 0.423 e. The summed E-state index contributed by atoms with van der Waals surface area (Å²) in [6, 6.07) is 23.7. The zero-order valence-corrected chi connectivity index (χ0v) is 51.4. The van der Waals surface area contributed by atoms with Crippen molar-refractivity contribution >= 4 is 99.0 Å². The lowest BCUT2D eigenvalue weighted by atomic mass is 9.80. The Bertz CT molecular complexity index is 4440. The lowest BCUT2D eigenvalue weighted by molar-refractivity contribution is -0.384. The molecule has 25 nitrogen and oxygen atoms in total. The van der Waals surface area contributed by atoms with Gasteiger partial charge in [0.05, 0.1) is 49.7 Å². The Morgan fingerprint density at radius 2 is 0.949 bits per heavy atom. The van der Waals surface area contributed by atoms with Gasteiger partial charge in [0.2, 0.25) is 40.4 Å². The summed E-state index contributed by atoms with van der Waals surface area (Å²) in [4.78, 5) is 97.0.